The lowest BCUT2D eigenvalue weighted by molar-refractivity contribution is -0.745. The van der Waals surface area contributed by atoms with E-state index in [0.29, 0.717) is 0 Å². The monoisotopic (exact) mass is 1290 g/mol. The summed E-state index contributed by atoms with van der Waals surface area (Å²) in [6, 6.07) is 86.7. The van der Waals surface area contributed by atoms with Crippen molar-refractivity contribution in [1.29, 1.82) is 0 Å². The molecule has 0 bridgehead atoms. The van der Waals surface area contributed by atoms with Gasteiger partial charge in [0.25, 0.3) is 0 Å². The van der Waals surface area contributed by atoms with Crippen molar-refractivity contribution in [2.75, 3.05) is 0 Å². The second-order valence-corrected chi connectivity index (χ2v) is 29.4. The normalized spacial score (nSPS) is 14.1. The van der Waals surface area contributed by atoms with Crippen LogP contribution in [0.15, 0.2) is 255 Å². The summed E-state index contributed by atoms with van der Waals surface area (Å²) >= 11 is 0. The lowest BCUT2D eigenvalue weighted by Gasteiger charge is -2.46. The Kier molecular flexibility index (Phi) is 17.2. The Morgan fingerprint density at radius 1 is 0.306 bits per heavy atom. The van der Waals surface area contributed by atoms with Gasteiger partial charge in [-0.2, -0.15) is 0 Å². The van der Waals surface area contributed by atoms with Gasteiger partial charge in [0.15, 0.2) is 28.2 Å². The summed E-state index contributed by atoms with van der Waals surface area (Å²) in [4.78, 5) is 0. The molecule has 0 spiro atoms. The summed E-state index contributed by atoms with van der Waals surface area (Å²) in [6.45, 7) is 32.4. The molecule has 0 aliphatic carbocycles. The molecule has 0 saturated carbocycles. The zero-order valence-corrected chi connectivity index (χ0v) is 60.8. The van der Waals surface area contributed by atoms with Gasteiger partial charge in [-0.05, 0) is 147 Å². The second-order valence-electron chi connectivity index (χ2n) is 29.4. The van der Waals surface area contributed by atoms with Crippen LogP contribution in [0.2, 0.25) is 0 Å². The topological polar surface area (TPSA) is 35.2 Å². The Hall–Kier alpha value is -10.4. The molecule has 6 heterocycles. The highest BCUT2D eigenvalue weighted by Crippen LogP contribution is 2.55. The summed E-state index contributed by atoms with van der Waals surface area (Å²) in [6.07, 6.45) is 4.44. The first-order chi connectivity index (χ1) is 46.9. The first-order valence-electron chi connectivity index (χ1n) is 34.7. The molecule has 16 rings (SSSR count). The number of hydrogen-bond acceptors (Lipinski definition) is 0. The Bertz CT molecular complexity index is 5290. The fraction of sp³-hybridized carbons (Fsp3) is 0.244. The zero-order chi connectivity index (χ0) is 69.3. The molecule has 0 unspecified atom stereocenters. The third kappa shape index (κ3) is 11.0. The van der Waals surface area contributed by atoms with Gasteiger partial charge in [-0.3, -0.25) is 0 Å². The molecule has 0 radical (unpaired) electrons. The lowest BCUT2D eigenvalue weighted by atomic mass is 9.59. The maximum absolute atomic E-state index is 2.51. The van der Waals surface area contributed by atoms with Crippen LogP contribution in [0.25, 0.3) is 89.3 Å². The van der Waals surface area contributed by atoms with Crippen LogP contribution >= 0.6 is 0 Å². The standard InChI is InChI=1S/C31H35N2.C23H27N2.C21H19N2.C15H15N2/c1-20-17-21(2)19-24(18-20)28-26(23-14-10-9-11-15-23)29-31(6,7)30(4,5)25-16-12-13-22(3)27(25)33(29)32(28)8;1-16-11-10-14-19-20(16)25-21(23(4,5)22(19,2)3)18(15-24(25)6)17-12-8-7-9-13-17;1-16-10-6-8-14-19(16)23-20-15-9-7-13-18(20)21(22(23)2)17-11-4-3-5-12-17;1-12-7-3-5-9-14(12)17-15-10-6-4-8-13(15)11-16(17)2/h9-19H,1-8H3;7-15H,1-6H3;3-15H,1-2H3;3-11H,1-2H3/q4*+1. The minimum Gasteiger partial charge on any atom is -0.124 e. The number of benzene rings is 10. The van der Waals surface area contributed by atoms with Crippen molar-refractivity contribution >= 4 is 21.8 Å². The van der Waals surface area contributed by atoms with Gasteiger partial charge >= 0.3 is 0 Å². The Morgan fingerprint density at radius 3 is 1.30 bits per heavy atom. The molecule has 10 aromatic carbocycles. The predicted octanol–water partition coefficient (Wildman–Crippen LogP) is 19.2. The van der Waals surface area contributed by atoms with Crippen LogP contribution in [0.4, 0.5) is 0 Å². The summed E-state index contributed by atoms with van der Waals surface area (Å²) in [5.41, 5.74) is 31.2. The van der Waals surface area contributed by atoms with E-state index >= 15 is 0 Å². The molecule has 0 fully saturated rings. The van der Waals surface area contributed by atoms with E-state index in [2.05, 4.69) is 418 Å². The smallest absolute Gasteiger partial charge is 0.124 e. The number of hydrogen-bond donors (Lipinski definition) is 0. The Labute approximate surface area is 581 Å². The number of para-hydroxylation sites is 6. The van der Waals surface area contributed by atoms with Gasteiger partial charge < -0.3 is 0 Å². The van der Waals surface area contributed by atoms with Gasteiger partial charge in [-0.1, -0.05) is 249 Å². The molecule has 0 N–H and O–H groups in total. The highest BCUT2D eigenvalue weighted by molar-refractivity contribution is 5.92. The van der Waals surface area contributed by atoms with E-state index < -0.39 is 0 Å². The molecule has 8 nitrogen and oxygen atoms in total. The maximum atomic E-state index is 2.51. The molecular formula is C90H96N8+4. The third-order valence-corrected chi connectivity index (χ3v) is 22.2. The minimum absolute atomic E-state index is 0.000226. The molecule has 2 aliphatic rings. The van der Waals surface area contributed by atoms with Gasteiger partial charge in [-0.25, -0.2) is 0 Å². The van der Waals surface area contributed by atoms with E-state index in [1.54, 1.807) is 0 Å². The molecule has 0 saturated heterocycles. The van der Waals surface area contributed by atoms with E-state index in [0.717, 1.165) is 0 Å². The molecule has 2 aliphatic heterocycles. The van der Waals surface area contributed by atoms with Crippen LogP contribution < -0.4 is 18.7 Å². The highest BCUT2D eigenvalue weighted by atomic mass is 15.4. The minimum atomic E-state index is -0.0894. The van der Waals surface area contributed by atoms with Crippen LogP contribution in [0.1, 0.15) is 111 Å². The molecule has 8 heteroatoms. The molecule has 492 valence electrons. The number of nitrogens with zero attached hydrogens (tertiary/aromatic N) is 8. The van der Waals surface area contributed by atoms with Crippen LogP contribution in [0, 0.1) is 41.5 Å². The van der Waals surface area contributed by atoms with Gasteiger partial charge in [0.2, 0.25) is 23.8 Å². The van der Waals surface area contributed by atoms with E-state index in [4.69, 9.17) is 0 Å². The van der Waals surface area contributed by atoms with Crippen molar-refractivity contribution in [2.45, 2.75) is 119 Å². The van der Waals surface area contributed by atoms with Crippen molar-refractivity contribution in [1.82, 2.24) is 18.7 Å². The number of fused-ring (bicyclic) bond motifs is 8. The van der Waals surface area contributed by atoms with Crippen LogP contribution in [0.5, 0.6) is 0 Å². The quantitative estimate of drug-likeness (QED) is 0.149. The van der Waals surface area contributed by atoms with E-state index in [1.807, 2.05) is 0 Å². The first kappa shape index (κ1) is 66.2. The van der Waals surface area contributed by atoms with Crippen molar-refractivity contribution in [2.24, 2.45) is 28.2 Å². The van der Waals surface area contributed by atoms with Crippen molar-refractivity contribution < 1.29 is 18.7 Å². The number of aryl methyl sites for hydroxylation is 8. The van der Waals surface area contributed by atoms with E-state index in [-0.39, 0.29) is 21.7 Å². The summed E-state index contributed by atoms with van der Waals surface area (Å²) in [7, 11) is 8.59. The van der Waals surface area contributed by atoms with Crippen molar-refractivity contribution in [3.63, 3.8) is 0 Å². The Balaban J connectivity index is 0.000000121. The number of aromatic nitrogens is 8. The lowest BCUT2D eigenvalue weighted by Crippen LogP contribution is -2.51. The highest BCUT2D eigenvalue weighted by Gasteiger charge is 2.54. The van der Waals surface area contributed by atoms with Gasteiger partial charge in [0.05, 0.1) is 21.9 Å². The second kappa shape index (κ2) is 25.5. The fourth-order valence-corrected chi connectivity index (χ4v) is 15.9. The molecule has 0 atom stereocenters. The van der Waals surface area contributed by atoms with E-state index in [9.17, 15) is 0 Å². The summed E-state index contributed by atoms with van der Waals surface area (Å²) in [5.74, 6) is 0. The largest absolute Gasteiger partial charge is 0.246 e. The molecular weight excluding hydrogens is 1190 g/mol. The predicted molar refractivity (Wildman–Crippen MR) is 405 cm³/mol. The van der Waals surface area contributed by atoms with E-state index in [1.165, 1.54) is 145 Å². The zero-order valence-electron chi connectivity index (χ0n) is 60.8. The molecule has 4 aromatic heterocycles. The molecule has 98 heavy (non-hydrogen) atoms. The van der Waals surface area contributed by atoms with Crippen LogP contribution in [-0.4, -0.2) is 18.7 Å². The number of rotatable bonds is 6. The average molecular weight is 1290 g/mol. The Morgan fingerprint density at radius 2 is 0.735 bits per heavy atom. The summed E-state index contributed by atoms with van der Waals surface area (Å²) < 4.78 is 18.5. The SMILES string of the molecule is Cc1cc(C)cc(-c2c(-c3ccccc3)c3n([n+]2C)-c2c(C)cccc2C(C)(C)C3(C)C)c1.Cc1cccc2c1-n1c(c(-c3ccccc3)c[n+]1C)C(C)(C)C2(C)C.Cc1ccccc1-n1c2ccccc2c(-c2ccccc2)[n+]1C.Cc1ccccc1-n1c2ccccc2c[n+]1C. The fourth-order valence-electron chi connectivity index (χ4n) is 15.9. The molecule has 0 amide bonds. The molecule has 14 aromatic rings. The summed E-state index contributed by atoms with van der Waals surface area (Å²) in [5, 5.41) is 2.53. The maximum Gasteiger partial charge on any atom is 0.246 e. The first-order valence-corrected chi connectivity index (χ1v) is 34.7. The van der Waals surface area contributed by atoms with Gasteiger partial charge in [0.1, 0.15) is 45.2 Å². The van der Waals surface area contributed by atoms with Crippen LogP contribution in [-0.2, 0) is 49.9 Å². The third-order valence-electron chi connectivity index (χ3n) is 22.2. The van der Waals surface area contributed by atoms with Gasteiger partial charge in [-0.15, -0.1) is 37.5 Å². The average Bonchev–Trinajstić information content (AvgIpc) is 1.42. The van der Waals surface area contributed by atoms with Gasteiger partial charge in [0, 0.05) is 32.8 Å². The van der Waals surface area contributed by atoms with Crippen LogP contribution in [0.3, 0.4) is 0 Å². The van der Waals surface area contributed by atoms with Crippen molar-refractivity contribution in [3.8, 4) is 67.5 Å². The van der Waals surface area contributed by atoms with Crippen molar-refractivity contribution in [3.05, 3.63) is 311 Å².